The average Bonchev–Trinajstić information content (AvgIpc) is 2.13. The highest BCUT2D eigenvalue weighted by Gasteiger charge is 1.97. The van der Waals surface area contributed by atoms with Gasteiger partial charge in [-0.3, -0.25) is 0 Å². The molecule has 0 aromatic rings. The first-order chi connectivity index (χ1) is 6.70. The van der Waals surface area contributed by atoms with Gasteiger partial charge < -0.3 is 10.1 Å². The number of carbonyl (C=O) groups excluding carboxylic acids is 1. The Labute approximate surface area is 90.3 Å². The largest absolute Gasteiger partial charge is 0.463 e. The Balaban J connectivity index is 3.47. The van der Waals surface area contributed by atoms with E-state index in [1.54, 1.807) is 24.8 Å². The summed E-state index contributed by atoms with van der Waals surface area (Å²) in [5.74, 6) is 0.805. The van der Waals surface area contributed by atoms with Crippen molar-refractivity contribution in [2.75, 3.05) is 25.2 Å². The number of nitrogens with one attached hydrogen (secondary N) is 1. The molecule has 0 aliphatic carbocycles. The molecule has 0 fully saturated rings. The van der Waals surface area contributed by atoms with Crippen LogP contribution in [0.4, 0.5) is 0 Å². The third kappa shape index (κ3) is 8.13. The van der Waals surface area contributed by atoms with Gasteiger partial charge in [0, 0.05) is 24.4 Å². The maximum absolute atomic E-state index is 10.9. The zero-order valence-corrected chi connectivity index (χ0v) is 9.89. The van der Waals surface area contributed by atoms with E-state index in [2.05, 4.69) is 18.5 Å². The summed E-state index contributed by atoms with van der Waals surface area (Å²) in [5, 5.41) is 3.27. The van der Waals surface area contributed by atoms with E-state index in [0.717, 1.165) is 5.75 Å². The Hall–Kier alpha value is -0.480. The first-order valence-corrected chi connectivity index (χ1v) is 6.15. The molecule has 0 heterocycles. The summed E-state index contributed by atoms with van der Waals surface area (Å²) in [5.41, 5.74) is 0. The Bertz CT molecular complexity index is 183. The Morgan fingerprint density at radius 2 is 2.36 bits per heavy atom. The van der Waals surface area contributed by atoms with Crippen LogP contribution in [0, 0.1) is 0 Å². The van der Waals surface area contributed by atoms with Crippen molar-refractivity contribution < 1.29 is 9.53 Å². The highest BCUT2D eigenvalue weighted by atomic mass is 32.2. The smallest absolute Gasteiger partial charge is 0.330 e. The number of hydrogen-bond acceptors (Lipinski definition) is 4. The SMILES string of the molecule is CCOC(=O)/C=C/CNC(C)CSC. The van der Waals surface area contributed by atoms with Crippen molar-refractivity contribution in [3.05, 3.63) is 12.2 Å². The number of rotatable bonds is 7. The summed E-state index contributed by atoms with van der Waals surface area (Å²) in [6, 6.07) is 0.469. The maximum Gasteiger partial charge on any atom is 0.330 e. The van der Waals surface area contributed by atoms with Gasteiger partial charge in [0.15, 0.2) is 0 Å². The Kier molecular flexibility index (Phi) is 8.78. The van der Waals surface area contributed by atoms with E-state index < -0.39 is 0 Å². The van der Waals surface area contributed by atoms with Gasteiger partial charge in [0.25, 0.3) is 0 Å². The van der Waals surface area contributed by atoms with Crippen molar-refractivity contribution >= 4 is 17.7 Å². The van der Waals surface area contributed by atoms with Crippen molar-refractivity contribution in [3.8, 4) is 0 Å². The molecule has 0 aromatic carbocycles. The summed E-state index contributed by atoms with van der Waals surface area (Å²) < 4.78 is 4.74. The van der Waals surface area contributed by atoms with Gasteiger partial charge in [-0.05, 0) is 20.1 Å². The van der Waals surface area contributed by atoms with Crippen molar-refractivity contribution in [3.63, 3.8) is 0 Å². The predicted octanol–water partition coefficient (Wildman–Crippen LogP) is 1.45. The molecule has 0 aliphatic rings. The average molecular weight is 217 g/mol. The number of esters is 1. The molecular formula is C10H19NO2S. The van der Waals surface area contributed by atoms with Crippen LogP contribution in [0.2, 0.25) is 0 Å². The standard InChI is InChI=1S/C10H19NO2S/c1-4-13-10(12)6-5-7-11-9(2)8-14-3/h5-6,9,11H,4,7-8H2,1-3H3/b6-5+. The van der Waals surface area contributed by atoms with Crippen molar-refractivity contribution in [1.82, 2.24) is 5.32 Å². The van der Waals surface area contributed by atoms with Gasteiger partial charge in [-0.1, -0.05) is 6.08 Å². The van der Waals surface area contributed by atoms with Crippen LogP contribution in [0.1, 0.15) is 13.8 Å². The second-order valence-corrected chi connectivity index (χ2v) is 3.83. The molecule has 0 amide bonds. The molecule has 0 rings (SSSR count). The van der Waals surface area contributed by atoms with Crippen LogP contribution in [-0.4, -0.2) is 37.2 Å². The second kappa shape index (κ2) is 9.09. The molecule has 3 nitrogen and oxygen atoms in total. The van der Waals surface area contributed by atoms with Gasteiger partial charge in [0.1, 0.15) is 0 Å². The maximum atomic E-state index is 10.9. The molecule has 1 unspecified atom stereocenters. The molecule has 0 aromatic heterocycles. The van der Waals surface area contributed by atoms with Crippen molar-refractivity contribution in [2.45, 2.75) is 19.9 Å². The fourth-order valence-electron chi connectivity index (χ4n) is 0.924. The summed E-state index contributed by atoms with van der Waals surface area (Å²) >= 11 is 1.80. The summed E-state index contributed by atoms with van der Waals surface area (Å²) in [6.07, 6.45) is 5.32. The molecule has 14 heavy (non-hydrogen) atoms. The monoisotopic (exact) mass is 217 g/mol. The van der Waals surface area contributed by atoms with Crippen LogP contribution in [0.3, 0.4) is 0 Å². The normalized spacial score (nSPS) is 13.1. The molecule has 0 radical (unpaired) electrons. The minimum Gasteiger partial charge on any atom is -0.463 e. The van der Waals surface area contributed by atoms with Crippen LogP contribution in [0.15, 0.2) is 12.2 Å². The lowest BCUT2D eigenvalue weighted by Crippen LogP contribution is -2.28. The zero-order chi connectivity index (χ0) is 10.8. The molecular weight excluding hydrogens is 198 g/mol. The third-order valence-electron chi connectivity index (χ3n) is 1.54. The highest BCUT2D eigenvalue weighted by Crippen LogP contribution is 1.95. The van der Waals surface area contributed by atoms with E-state index in [1.165, 1.54) is 6.08 Å². The van der Waals surface area contributed by atoms with Crippen LogP contribution < -0.4 is 5.32 Å². The van der Waals surface area contributed by atoms with Gasteiger partial charge in [0.05, 0.1) is 6.61 Å². The summed E-state index contributed by atoms with van der Waals surface area (Å²) in [7, 11) is 0. The van der Waals surface area contributed by atoms with Gasteiger partial charge in [-0.15, -0.1) is 0 Å². The fraction of sp³-hybridized carbons (Fsp3) is 0.700. The molecule has 0 saturated heterocycles. The molecule has 4 heteroatoms. The van der Waals surface area contributed by atoms with E-state index in [1.807, 2.05) is 0 Å². The van der Waals surface area contributed by atoms with E-state index in [0.29, 0.717) is 19.2 Å². The molecule has 0 aliphatic heterocycles. The number of thioether (sulfide) groups is 1. The van der Waals surface area contributed by atoms with Crippen molar-refractivity contribution in [1.29, 1.82) is 0 Å². The first kappa shape index (κ1) is 13.5. The second-order valence-electron chi connectivity index (χ2n) is 2.92. The highest BCUT2D eigenvalue weighted by molar-refractivity contribution is 7.98. The van der Waals surface area contributed by atoms with Crippen molar-refractivity contribution in [2.24, 2.45) is 0 Å². The molecule has 0 saturated carbocycles. The van der Waals surface area contributed by atoms with Crippen LogP contribution in [-0.2, 0) is 9.53 Å². The Morgan fingerprint density at radius 1 is 1.64 bits per heavy atom. The Morgan fingerprint density at radius 3 is 2.93 bits per heavy atom. The van der Waals surface area contributed by atoms with E-state index >= 15 is 0 Å². The van der Waals surface area contributed by atoms with Gasteiger partial charge >= 0.3 is 5.97 Å². The zero-order valence-electron chi connectivity index (χ0n) is 9.08. The molecule has 1 atom stereocenters. The third-order valence-corrected chi connectivity index (χ3v) is 2.37. The molecule has 0 spiro atoms. The van der Waals surface area contributed by atoms with E-state index in [9.17, 15) is 4.79 Å². The lowest BCUT2D eigenvalue weighted by Gasteiger charge is -2.09. The van der Waals surface area contributed by atoms with Gasteiger partial charge in [-0.2, -0.15) is 11.8 Å². The first-order valence-electron chi connectivity index (χ1n) is 4.76. The van der Waals surface area contributed by atoms with Crippen LogP contribution in [0.25, 0.3) is 0 Å². The quantitative estimate of drug-likeness (QED) is 0.517. The summed E-state index contributed by atoms with van der Waals surface area (Å²) in [4.78, 5) is 10.9. The van der Waals surface area contributed by atoms with Crippen LogP contribution >= 0.6 is 11.8 Å². The number of carbonyl (C=O) groups is 1. The lowest BCUT2D eigenvalue weighted by molar-refractivity contribution is -0.137. The number of ether oxygens (including phenoxy) is 1. The number of hydrogen-bond donors (Lipinski definition) is 1. The lowest BCUT2D eigenvalue weighted by atomic mass is 10.4. The summed E-state index contributed by atoms with van der Waals surface area (Å²) in [6.45, 7) is 5.05. The molecule has 82 valence electrons. The van der Waals surface area contributed by atoms with Crippen LogP contribution in [0.5, 0.6) is 0 Å². The van der Waals surface area contributed by atoms with Gasteiger partial charge in [0.2, 0.25) is 0 Å². The fourth-order valence-corrected chi connectivity index (χ4v) is 1.54. The molecule has 0 bridgehead atoms. The molecule has 1 N–H and O–H groups in total. The predicted molar refractivity (Wildman–Crippen MR) is 61.6 cm³/mol. The van der Waals surface area contributed by atoms with Gasteiger partial charge in [-0.25, -0.2) is 4.79 Å². The topological polar surface area (TPSA) is 38.3 Å². The minimum atomic E-state index is -0.271. The van der Waals surface area contributed by atoms with E-state index in [4.69, 9.17) is 4.74 Å². The minimum absolute atomic E-state index is 0.271. The van der Waals surface area contributed by atoms with E-state index in [-0.39, 0.29) is 5.97 Å².